The second-order valence-corrected chi connectivity index (χ2v) is 7.81. The topological polar surface area (TPSA) is 80.5 Å². The van der Waals surface area contributed by atoms with E-state index in [0.717, 1.165) is 16.5 Å². The molecule has 8 heteroatoms. The van der Waals surface area contributed by atoms with Gasteiger partial charge in [0.15, 0.2) is 17.5 Å². The molecule has 2 heterocycles. The molecule has 0 radical (unpaired) electrons. The van der Waals surface area contributed by atoms with E-state index in [1.54, 1.807) is 29.6 Å². The quantitative estimate of drug-likeness (QED) is 0.306. The van der Waals surface area contributed by atoms with E-state index < -0.39 is 17.8 Å². The average molecular weight is 479 g/mol. The predicted octanol–water partition coefficient (Wildman–Crippen LogP) is 5.81. The average Bonchev–Trinajstić information content (AvgIpc) is 3.31. The summed E-state index contributed by atoms with van der Waals surface area (Å²) in [6.45, 7) is 6.64. The summed E-state index contributed by atoms with van der Waals surface area (Å²) in [6.07, 6.45) is 3.63. The molecule has 4 aromatic rings. The first kappa shape index (κ1) is 25.7. The van der Waals surface area contributed by atoms with Gasteiger partial charge in [-0.3, -0.25) is 0 Å². The normalized spacial score (nSPS) is 11.5. The van der Waals surface area contributed by atoms with Gasteiger partial charge in [-0.25, -0.2) is 19.2 Å². The lowest BCUT2D eigenvalue weighted by Gasteiger charge is -2.19. The molecule has 0 saturated carbocycles. The molecule has 7 nitrogen and oxygen atoms in total. The van der Waals surface area contributed by atoms with Gasteiger partial charge in [0.2, 0.25) is 0 Å². The molecule has 2 aromatic heterocycles. The van der Waals surface area contributed by atoms with Crippen molar-refractivity contribution in [2.45, 2.75) is 33.2 Å². The van der Waals surface area contributed by atoms with Gasteiger partial charge in [0.25, 0.3) is 0 Å². The second-order valence-electron chi connectivity index (χ2n) is 7.81. The Balaban J connectivity index is 0.00000167. The highest BCUT2D eigenvalue weighted by Crippen LogP contribution is 2.25. The van der Waals surface area contributed by atoms with Crippen molar-refractivity contribution in [2.24, 2.45) is 0 Å². The first-order chi connectivity index (χ1) is 16.9. The fourth-order valence-electron chi connectivity index (χ4n) is 3.64. The maximum absolute atomic E-state index is 14.3. The van der Waals surface area contributed by atoms with Gasteiger partial charge in [-0.15, -0.1) is 0 Å². The van der Waals surface area contributed by atoms with Crippen molar-refractivity contribution < 1.29 is 19.0 Å². The fraction of sp³-hybridized carbons (Fsp3) is 0.296. The summed E-state index contributed by atoms with van der Waals surface area (Å²) in [6, 6.07) is 16.3. The van der Waals surface area contributed by atoms with Crippen LogP contribution in [0.25, 0.3) is 22.3 Å². The molecule has 0 bridgehead atoms. The summed E-state index contributed by atoms with van der Waals surface area (Å²) < 4.78 is 21.9. The van der Waals surface area contributed by atoms with Gasteiger partial charge in [-0.05, 0) is 37.6 Å². The summed E-state index contributed by atoms with van der Waals surface area (Å²) >= 11 is 0. The lowest BCUT2D eigenvalue weighted by molar-refractivity contribution is -0.140. The minimum Gasteiger partial charge on any atom is -0.494 e. The van der Waals surface area contributed by atoms with Crippen LogP contribution < -0.4 is 9.64 Å². The summed E-state index contributed by atoms with van der Waals surface area (Å²) in [5.41, 5.74) is 1.67. The molecule has 1 atom stereocenters. The van der Waals surface area contributed by atoms with Gasteiger partial charge < -0.3 is 19.3 Å². The number of nitrogens with zero attached hydrogens (tertiary/aromatic N) is 4. The van der Waals surface area contributed by atoms with Crippen molar-refractivity contribution in [2.75, 3.05) is 25.1 Å². The van der Waals surface area contributed by atoms with E-state index in [0.29, 0.717) is 31.1 Å². The third kappa shape index (κ3) is 6.15. The Morgan fingerprint density at radius 2 is 1.91 bits per heavy atom. The van der Waals surface area contributed by atoms with Gasteiger partial charge in [0, 0.05) is 36.3 Å². The summed E-state index contributed by atoms with van der Waals surface area (Å²) in [7, 11) is 1.79. The van der Waals surface area contributed by atoms with Crippen molar-refractivity contribution in [1.82, 2.24) is 14.5 Å². The molecule has 0 fully saturated rings. The van der Waals surface area contributed by atoms with E-state index in [1.807, 2.05) is 68.4 Å². The van der Waals surface area contributed by atoms with Crippen LogP contribution in [-0.4, -0.2) is 45.8 Å². The maximum Gasteiger partial charge on any atom is 0.326 e. The minimum atomic E-state index is -0.882. The van der Waals surface area contributed by atoms with Crippen molar-refractivity contribution in [1.29, 1.82) is 0 Å². The number of hydrogen-bond acceptors (Lipinski definition) is 5. The molecule has 0 amide bonds. The van der Waals surface area contributed by atoms with Gasteiger partial charge in [-0.2, -0.15) is 0 Å². The molecule has 0 aliphatic rings. The van der Waals surface area contributed by atoms with E-state index in [4.69, 9.17) is 4.74 Å². The van der Waals surface area contributed by atoms with Crippen molar-refractivity contribution in [3.05, 3.63) is 72.8 Å². The van der Waals surface area contributed by atoms with Crippen molar-refractivity contribution in [3.8, 4) is 17.1 Å². The number of halogens is 1. The second kappa shape index (κ2) is 12.0. The van der Waals surface area contributed by atoms with E-state index in [1.165, 1.54) is 6.20 Å². The largest absolute Gasteiger partial charge is 0.494 e. The van der Waals surface area contributed by atoms with Crippen LogP contribution in [0.15, 0.2) is 67.0 Å². The Hall–Kier alpha value is -3.94. The number of fused-ring (bicyclic) bond motifs is 1. The number of anilines is 1. The molecule has 0 aliphatic heterocycles. The summed E-state index contributed by atoms with van der Waals surface area (Å²) in [5, 5.41) is 10.2. The molecule has 0 saturated heterocycles. The molecule has 35 heavy (non-hydrogen) atoms. The maximum atomic E-state index is 14.3. The van der Waals surface area contributed by atoms with Crippen LogP contribution in [-0.2, 0) is 4.79 Å². The van der Waals surface area contributed by atoms with Crippen LogP contribution in [0.4, 0.5) is 10.2 Å². The Morgan fingerprint density at radius 1 is 1.17 bits per heavy atom. The van der Waals surface area contributed by atoms with Crippen molar-refractivity contribution >= 4 is 22.7 Å². The fourth-order valence-corrected chi connectivity index (χ4v) is 3.64. The third-order valence-corrected chi connectivity index (χ3v) is 5.49. The first-order valence-corrected chi connectivity index (χ1v) is 11.7. The van der Waals surface area contributed by atoms with Crippen LogP contribution in [0.1, 0.15) is 33.2 Å². The molecule has 1 N–H and O–H groups in total. The number of rotatable bonds is 9. The van der Waals surface area contributed by atoms with Crippen LogP contribution in [0.2, 0.25) is 0 Å². The highest BCUT2D eigenvalue weighted by atomic mass is 19.1. The molecular formula is C27H31FN4O3. The number of benzene rings is 2. The third-order valence-electron chi connectivity index (χ3n) is 5.49. The van der Waals surface area contributed by atoms with E-state index in [2.05, 4.69) is 9.97 Å². The predicted molar refractivity (Wildman–Crippen MR) is 136 cm³/mol. The Kier molecular flexibility index (Phi) is 8.78. The zero-order chi connectivity index (χ0) is 25.4. The smallest absolute Gasteiger partial charge is 0.326 e. The van der Waals surface area contributed by atoms with E-state index in [9.17, 15) is 14.3 Å². The van der Waals surface area contributed by atoms with Crippen LogP contribution in [0.3, 0.4) is 0 Å². The first-order valence-electron chi connectivity index (χ1n) is 11.7. The van der Waals surface area contributed by atoms with Gasteiger partial charge in [-0.1, -0.05) is 44.2 Å². The molecule has 1 unspecified atom stereocenters. The Morgan fingerprint density at radius 3 is 2.63 bits per heavy atom. The van der Waals surface area contributed by atoms with Crippen LogP contribution in [0, 0.1) is 5.82 Å². The number of carboxylic acid groups (broad SMARTS) is 1. The number of carboxylic acids is 1. The highest BCUT2D eigenvalue weighted by molar-refractivity contribution is 5.84. The number of aliphatic carboxylic acids is 1. The monoisotopic (exact) mass is 478 g/mol. The van der Waals surface area contributed by atoms with Gasteiger partial charge >= 0.3 is 5.97 Å². The minimum absolute atomic E-state index is 0.249. The number of hydrogen-bond donors (Lipinski definition) is 1. The number of ether oxygens (including phenoxy) is 1. The van der Waals surface area contributed by atoms with E-state index >= 15 is 0 Å². The van der Waals surface area contributed by atoms with Gasteiger partial charge in [0.05, 0.1) is 12.8 Å². The zero-order valence-corrected chi connectivity index (χ0v) is 20.5. The lowest BCUT2D eigenvalue weighted by atomic mass is 10.2. The molecule has 2 aromatic carbocycles. The standard InChI is InChI=1S/C25H25FN4O3.C2H6/c1-17(25(31)32)30-13-11-19-15-20(9-10-22(19)30)33-14-6-12-29(2)24-21(26)16-27-23(28-24)18-7-4-3-5-8-18;1-2/h3-5,7-11,13,15-17H,6,12,14H2,1-2H3,(H,31,32);1-2H3. The zero-order valence-electron chi connectivity index (χ0n) is 20.5. The SMILES string of the molecule is CC.CC(C(=O)O)n1ccc2cc(OCCCN(C)c3nc(-c4ccccc4)ncc3F)ccc21. The number of aromatic nitrogens is 3. The number of carbonyl (C=O) groups is 1. The van der Waals surface area contributed by atoms with E-state index in [-0.39, 0.29) is 5.82 Å². The lowest BCUT2D eigenvalue weighted by Crippen LogP contribution is -2.23. The molecular weight excluding hydrogens is 447 g/mol. The molecule has 0 aliphatic carbocycles. The Bertz CT molecular complexity index is 1260. The molecule has 4 rings (SSSR count). The Labute approximate surface area is 204 Å². The summed E-state index contributed by atoms with van der Waals surface area (Å²) in [5.74, 6) is 0.0776. The molecule has 0 spiro atoms. The van der Waals surface area contributed by atoms with Crippen LogP contribution >= 0.6 is 0 Å². The van der Waals surface area contributed by atoms with Crippen LogP contribution in [0.5, 0.6) is 5.75 Å². The highest BCUT2D eigenvalue weighted by Gasteiger charge is 2.15. The van der Waals surface area contributed by atoms with Crippen molar-refractivity contribution in [3.63, 3.8) is 0 Å². The molecule has 184 valence electrons. The van der Waals surface area contributed by atoms with Gasteiger partial charge in [0.1, 0.15) is 11.8 Å². The summed E-state index contributed by atoms with van der Waals surface area (Å²) in [4.78, 5) is 21.5.